The number of hydrogen-bond acceptors (Lipinski definition) is 4. The van der Waals surface area contributed by atoms with Gasteiger partial charge in [0.05, 0.1) is 5.69 Å². The maximum atomic E-state index is 6.03. The topological polar surface area (TPSA) is 52.1 Å². The van der Waals surface area contributed by atoms with Crippen molar-refractivity contribution in [2.45, 2.75) is 13.3 Å². The Labute approximate surface area is 139 Å². The van der Waals surface area contributed by atoms with E-state index in [2.05, 4.69) is 9.97 Å². The zero-order valence-corrected chi connectivity index (χ0v) is 13.3. The molecule has 4 aromatic rings. The van der Waals surface area contributed by atoms with Crippen molar-refractivity contribution in [2.75, 3.05) is 0 Å². The maximum absolute atomic E-state index is 6.03. The van der Waals surface area contributed by atoms with E-state index in [0.29, 0.717) is 17.5 Å². The molecule has 0 aliphatic heterocycles. The smallest absolute Gasteiger partial charge is 0.284 e. The minimum absolute atomic E-state index is 0.396. The number of hydrogen-bond donors (Lipinski definition) is 0. The number of nitrogens with zero attached hydrogens (tertiary/aromatic N) is 2. The van der Waals surface area contributed by atoms with Gasteiger partial charge in [-0.15, -0.1) is 0 Å². The summed E-state index contributed by atoms with van der Waals surface area (Å²) in [6.07, 6.45) is 2.45. The average Bonchev–Trinajstić information content (AvgIpc) is 3.30. The highest BCUT2D eigenvalue weighted by Crippen LogP contribution is 2.35. The second-order valence-corrected chi connectivity index (χ2v) is 5.43. The van der Waals surface area contributed by atoms with Crippen LogP contribution in [-0.2, 0) is 6.42 Å². The predicted octanol–water partition coefficient (Wildman–Crippen LogP) is 5.23. The summed E-state index contributed by atoms with van der Waals surface area (Å²) >= 11 is 0. The second-order valence-electron chi connectivity index (χ2n) is 5.43. The number of benzene rings is 2. The van der Waals surface area contributed by atoms with Crippen LogP contribution in [0.1, 0.15) is 12.6 Å². The van der Waals surface area contributed by atoms with Crippen LogP contribution in [0, 0.1) is 0 Å². The fourth-order valence-corrected chi connectivity index (χ4v) is 2.56. The van der Waals surface area contributed by atoms with Crippen LogP contribution in [-0.4, -0.2) is 9.97 Å². The number of aryl methyl sites for hydroxylation is 1. The van der Waals surface area contributed by atoms with Crippen LogP contribution < -0.4 is 0 Å². The molecular weight excluding hydrogens is 300 g/mol. The highest BCUT2D eigenvalue weighted by molar-refractivity contribution is 5.78. The first-order valence-electron chi connectivity index (χ1n) is 7.91. The Morgan fingerprint density at radius 2 is 1.46 bits per heavy atom. The molecule has 4 rings (SSSR count). The fourth-order valence-electron chi connectivity index (χ4n) is 2.56. The van der Waals surface area contributed by atoms with Crippen molar-refractivity contribution >= 4 is 0 Å². The monoisotopic (exact) mass is 316 g/mol. The zero-order valence-electron chi connectivity index (χ0n) is 13.3. The van der Waals surface area contributed by atoms with E-state index < -0.39 is 0 Å². The van der Waals surface area contributed by atoms with Gasteiger partial charge in [-0.05, 0) is 6.42 Å². The molecule has 0 saturated carbocycles. The van der Waals surface area contributed by atoms with Crippen molar-refractivity contribution in [3.8, 4) is 34.4 Å². The van der Waals surface area contributed by atoms with Crippen molar-refractivity contribution in [3.63, 3.8) is 0 Å². The third-order valence-electron chi connectivity index (χ3n) is 3.81. The van der Waals surface area contributed by atoms with E-state index in [9.17, 15) is 0 Å². The Hall–Kier alpha value is -3.14. The summed E-state index contributed by atoms with van der Waals surface area (Å²) < 4.78 is 11.5. The van der Waals surface area contributed by atoms with Gasteiger partial charge in [0.25, 0.3) is 11.8 Å². The molecule has 2 aromatic heterocycles. The molecule has 4 heteroatoms. The van der Waals surface area contributed by atoms with Crippen LogP contribution >= 0.6 is 0 Å². The van der Waals surface area contributed by atoms with Crippen LogP contribution in [0.15, 0.2) is 75.8 Å². The molecule has 0 aliphatic carbocycles. The molecule has 118 valence electrons. The Kier molecular flexibility index (Phi) is 3.71. The van der Waals surface area contributed by atoms with E-state index in [-0.39, 0.29) is 0 Å². The first kappa shape index (κ1) is 14.5. The summed E-state index contributed by atoms with van der Waals surface area (Å²) in [6, 6.07) is 19.9. The van der Waals surface area contributed by atoms with Crippen molar-refractivity contribution in [1.29, 1.82) is 0 Å². The van der Waals surface area contributed by atoms with Crippen molar-refractivity contribution in [1.82, 2.24) is 9.97 Å². The van der Waals surface area contributed by atoms with E-state index in [1.54, 1.807) is 6.26 Å². The van der Waals surface area contributed by atoms with Crippen LogP contribution in [0.2, 0.25) is 0 Å². The molecule has 0 aliphatic rings. The van der Waals surface area contributed by atoms with Gasteiger partial charge in [-0.1, -0.05) is 67.6 Å². The first-order chi connectivity index (χ1) is 11.8. The molecule has 2 aromatic carbocycles. The number of aromatic nitrogens is 2. The van der Waals surface area contributed by atoms with Crippen LogP contribution in [0.4, 0.5) is 0 Å². The van der Waals surface area contributed by atoms with E-state index in [4.69, 9.17) is 8.83 Å². The lowest BCUT2D eigenvalue weighted by Crippen LogP contribution is -1.83. The molecule has 0 unspecified atom stereocenters. The van der Waals surface area contributed by atoms with Gasteiger partial charge in [-0.3, -0.25) is 0 Å². The zero-order chi connectivity index (χ0) is 16.4. The van der Waals surface area contributed by atoms with E-state index >= 15 is 0 Å². The number of oxazole rings is 2. The second kappa shape index (κ2) is 6.16. The van der Waals surface area contributed by atoms with Crippen LogP contribution in [0.5, 0.6) is 0 Å². The van der Waals surface area contributed by atoms with Gasteiger partial charge >= 0.3 is 0 Å². The van der Waals surface area contributed by atoms with Gasteiger partial charge in [0.1, 0.15) is 12.0 Å². The van der Waals surface area contributed by atoms with Gasteiger partial charge in [0.2, 0.25) is 0 Å². The van der Waals surface area contributed by atoms with Crippen molar-refractivity contribution < 1.29 is 8.83 Å². The quantitative estimate of drug-likeness (QED) is 0.517. The van der Waals surface area contributed by atoms with Gasteiger partial charge in [0.15, 0.2) is 5.76 Å². The molecule has 0 saturated heterocycles. The first-order valence-corrected chi connectivity index (χ1v) is 7.91. The molecular formula is C20H16N2O2. The summed E-state index contributed by atoms with van der Waals surface area (Å²) in [4.78, 5) is 9.07. The summed E-state index contributed by atoms with van der Waals surface area (Å²) in [6.45, 7) is 2.03. The molecule has 0 fully saturated rings. The van der Waals surface area contributed by atoms with Gasteiger partial charge in [-0.2, -0.15) is 0 Å². The molecule has 24 heavy (non-hydrogen) atoms. The van der Waals surface area contributed by atoms with E-state index in [0.717, 1.165) is 28.9 Å². The number of rotatable bonds is 4. The SMILES string of the molecule is CCc1coc(-c2nc(-c3ccccc3)c(-c3ccccc3)o2)n1. The molecule has 4 nitrogen and oxygen atoms in total. The fraction of sp³-hybridized carbons (Fsp3) is 0.100. The minimum Gasteiger partial charge on any atom is -0.441 e. The van der Waals surface area contributed by atoms with E-state index in [1.807, 2.05) is 67.6 Å². The lowest BCUT2D eigenvalue weighted by molar-refractivity contribution is 0.516. The van der Waals surface area contributed by atoms with Gasteiger partial charge in [-0.25, -0.2) is 9.97 Å². The van der Waals surface area contributed by atoms with Crippen molar-refractivity contribution in [3.05, 3.63) is 72.6 Å². The normalized spacial score (nSPS) is 10.9. The Morgan fingerprint density at radius 1 is 0.792 bits per heavy atom. The highest BCUT2D eigenvalue weighted by atomic mass is 16.4. The van der Waals surface area contributed by atoms with Gasteiger partial charge < -0.3 is 8.83 Å². The van der Waals surface area contributed by atoms with Gasteiger partial charge in [0, 0.05) is 11.1 Å². The molecule has 0 amide bonds. The molecule has 0 N–H and O–H groups in total. The minimum atomic E-state index is 0.396. The largest absolute Gasteiger partial charge is 0.441 e. The third kappa shape index (κ3) is 2.63. The summed E-state index contributed by atoms with van der Waals surface area (Å²) in [5.41, 5.74) is 3.63. The molecule has 0 radical (unpaired) electrons. The standard InChI is InChI=1S/C20H16N2O2/c1-2-16-13-23-19(21-16)20-22-17(14-9-5-3-6-10-14)18(24-20)15-11-7-4-8-12-15/h3-13H,2H2,1H3. The molecule has 0 bridgehead atoms. The molecule has 0 atom stereocenters. The Morgan fingerprint density at radius 3 is 2.08 bits per heavy atom. The maximum Gasteiger partial charge on any atom is 0.284 e. The van der Waals surface area contributed by atoms with Crippen LogP contribution in [0.25, 0.3) is 34.4 Å². The van der Waals surface area contributed by atoms with Crippen molar-refractivity contribution in [2.24, 2.45) is 0 Å². The highest BCUT2D eigenvalue weighted by Gasteiger charge is 2.20. The van der Waals surface area contributed by atoms with Crippen LogP contribution in [0.3, 0.4) is 0 Å². The lowest BCUT2D eigenvalue weighted by atomic mass is 10.1. The van der Waals surface area contributed by atoms with E-state index in [1.165, 1.54) is 0 Å². The Balaban J connectivity index is 1.88. The summed E-state index contributed by atoms with van der Waals surface area (Å²) in [5, 5.41) is 0. The molecule has 0 spiro atoms. The third-order valence-corrected chi connectivity index (χ3v) is 3.81. The Bertz CT molecular complexity index is 883. The summed E-state index contributed by atoms with van der Waals surface area (Å²) in [5.74, 6) is 1.52. The molecule has 2 heterocycles. The average molecular weight is 316 g/mol. The lowest BCUT2D eigenvalue weighted by Gasteiger charge is -2.00. The summed E-state index contributed by atoms with van der Waals surface area (Å²) in [7, 11) is 0. The predicted molar refractivity (Wildman–Crippen MR) is 92.3 cm³/mol.